The summed E-state index contributed by atoms with van der Waals surface area (Å²) in [5.41, 5.74) is 5.18. The van der Waals surface area contributed by atoms with Gasteiger partial charge in [-0.15, -0.1) is 0 Å². The van der Waals surface area contributed by atoms with Crippen molar-refractivity contribution in [3.05, 3.63) is 59.7 Å². The van der Waals surface area contributed by atoms with Crippen LogP contribution in [0.1, 0.15) is 11.1 Å². The van der Waals surface area contributed by atoms with E-state index in [0.29, 0.717) is 0 Å². The zero-order chi connectivity index (χ0) is 12.4. The number of nitrogens with zero attached hydrogens (tertiary/aromatic N) is 1. The van der Waals surface area contributed by atoms with Crippen LogP contribution in [0.5, 0.6) is 0 Å². The molecule has 0 fully saturated rings. The largest absolute Gasteiger partial charge is 0.396 e. The molecule has 1 aliphatic heterocycles. The topological polar surface area (TPSA) is 23.5 Å². The van der Waals surface area contributed by atoms with E-state index in [9.17, 15) is 0 Å². The molecular formula is C16H17NO. The van der Waals surface area contributed by atoms with Crippen LogP contribution in [0.2, 0.25) is 0 Å². The number of para-hydroxylation sites is 1. The Balaban J connectivity index is 1.88. The molecule has 1 aliphatic rings. The SMILES string of the molecule is OCCc1ccc(N2CCc3ccccc32)cc1. The zero-order valence-corrected chi connectivity index (χ0v) is 10.3. The van der Waals surface area contributed by atoms with Gasteiger partial charge in [0, 0.05) is 24.5 Å². The van der Waals surface area contributed by atoms with Crippen molar-refractivity contribution in [2.24, 2.45) is 0 Å². The molecule has 0 bridgehead atoms. The minimum absolute atomic E-state index is 0.214. The van der Waals surface area contributed by atoms with Gasteiger partial charge in [-0.25, -0.2) is 0 Å². The molecule has 2 heteroatoms. The van der Waals surface area contributed by atoms with Crippen molar-refractivity contribution in [2.75, 3.05) is 18.1 Å². The molecule has 1 N–H and O–H groups in total. The number of hydrogen-bond donors (Lipinski definition) is 1. The normalized spacial score (nSPS) is 13.7. The third-order valence-electron chi connectivity index (χ3n) is 3.54. The maximum atomic E-state index is 8.92. The molecule has 0 aliphatic carbocycles. The number of aliphatic hydroxyl groups is 1. The molecule has 0 spiro atoms. The van der Waals surface area contributed by atoms with Crippen LogP contribution in [0.4, 0.5) is 11.4 Å². The number of benzene rings is 2. The van der Waals surface area contributed by atoms with Crippen molar-refractivity contribution >= 4 is 11.4 Å². The lowest BCUT2D eigenvalue weighted by Gasteiger charge is -2.19. The molecule has 2 aromatic carbocycles. The maximum absolute atomic E-state index is 8.92. The lowest BCUT2D eigenvalue weighted by atomic mass is 10.1. The number of hydrogen-bond acceptors (Lipinski definition) is 2. The van der Waals surface area contributed by atoms with Crippen LogP contribution in [0, 0.1) is 0 Å². The highest BCUT2D eigenvalue weighted by Gasteiger charge is 2.19. The number of fused-ring (bicyclic) bond motifs is 1. The smallest absolute Gasteiger partial charge is 0.0471 e. The minimum Gasteiger partial charge on any atom is -0.396 e. The summed E-state index contributed by atoms with van der Waals surface area (Å²) in [5, 5.41) is 8.92. The molecule has 0 saturated heterocycles. The van der Waals surface area contributed by atoms with Crippen molar-refractivity contribution in [2.45, 2.75) is 12.8 Å². The summed E-state index contributed by atoms with van der Waals surface area (Å²) in [6.07, 6.45) is 1.85. The number of rotatable bonds is 3. The summed E-state index contributed by atoms with van der Waals surface area (Å²) >= 11 is 0. The molecular weight excluding hydrogens is 222 g/mol. The van der Waals surface area contributed by atoms with E-state index in [1.54, 1.807) is 0 Å². The second-order valence-corrected chi connectivity index (χ2v) is 4.67. The van der Waals surface area contributed by atoms with E-state index in [1.165, 1.54) is 22.5 Å². The van der Waals surface area contributed by atoms with E-state index in [2.05, 4.69) is 53.4 Å². The Kier molecular flexibility index (Phi) is 3.03. The maximum Gasteiger partial charge on any atom is 0.0471 e. The molecule has 0 unspecified atom stereocenters. The van der Waals surface area contributed by atoms with Crippen LogP contribution < -0.4 is 4.90 Å². The number of aliphatic hydroxyl groups excluding tert-OH is 1. The van der Waals surface area contributed by atoms with Crippen LogP contribution in [0.3, 0.4) is 0 Å². The molecule has 0 atom stereocenters. The Morgan fingerprint density at radius 1 is 1.00 bits per heavy atom. The lowest BCUT2D eigenvalue weighted by molar-refractivity contribution is 0.299. The predicted octanol–water partition coefficient (Wildman–Crippen LogP) is 2.92. The molecule has 0 aromatic heterocycles. The fourth-order valence-electron chi connectivity index (χ4n) is 2.58. The summed E-state index contributed by atoms with van der Waals surface area (Å²) in [5.74, 6) is 0. The second-order valence-electron chi connectivity index (χ2n) is 4.67. The minimum atomic E-state index is 0.214. The predicted molar refractivity (Wildman–Crippen MR) is 74.4 cm³/mol. The average Bonchev–Trinajstić information content (AvgIpc) is 2.84. The van der Waals surface area contributed by atoms with Crippen molar-refractivity contribution in [1.82, 2.24) is 0 Å². The molecule has 2 nitrogen and oxygen atoms in total. The van der Waals surface area contributed by atoms with Crippen molar-refractivity contribution in [3.63, 3.8) is 0 Å². The van der Waals surface area contributed by atoms with Gasteiger partial charge in [0.2, 0.25) is 0 Å². The van der Waals surface area contributed by atoms with Gasteiger partial charge in [0.25, 0.3) is 0 Å². The van der Waals surface area contributed by atoms with Crippen molar-refractivity contribution in [3.8, 4) is 0 Å². The first-order valence-electron chi connectivity index (χ1n) is 6.44. The van der Waals surface area contributed by atoms with Crippen LogP contribution in [0.15, 0.2) is 48.5 Å². The van der Waals surface area contributed by atoms with Gasteiger partial charge in [0.05, 0.1) is 0 Å². The first kappa shape index (κ1) is 11.3. The van der Waals surface area contributed by atoms with Crippen molar-refractivity contribution < 1.29 is 5.11 Å². The molecule has 0 amide bonds. The Morgan fingerprint density at radius 2 is 1.78 bits per heavy atom. The fraction of sp³-hybridized carbons (Fsp3) is 0.250. The van der Waals surface area contributed by atoms with Gasteiger partial charge in [-0.05, 0) is 42.2 Å². The molecule has 92 valence electrons. The third-order valence-corrected chi connectivity index (χ3v) is 3.54. The molecule has 0 radical (unpaired) electrons. The van der Waals surface area contributed by atoms with Gasteiger partial charge in [-0.1, -0.05) is 30.3 Å². The van der Waals surface area contributed by atoms with Gasteiger partial charge in [-0.3, -0.25) is 0 Å². The van der Waals surface area contributed by atoms with E-state index < -0.39 is 0 Å². The van der Waals surface area contributed by atoms with Gasteiger partial charge in [-0.2, -0.15) is 0 Å². The molecule has 3 rings (SSSR count). The van der Waals surface area contributed by atoms with E-state index in [0.717, 1.165) is 19.4 Å². The van der Waals surface area contributed by atoms with Crippen LogP contribution >= 0.6 is 0 Å². The first-order valence-corrected chi connectivity index (χ1v) is 6.44. The van der Waals surface area contributed by atoms with E-state index in [1.807, 2.05) is 0 Å². The van der Waals surface area contributed by atoms with Gasteiger partial charge in [0.1, 0.15) is 0 Å². The van der Waals surface area contributed by atoms with E-state index >= 15 is 0 Å². The highest BCUT2D eigenvalue weighted by atomic mass is 16.2. The van der Waals surface area contributed by atoms with Crippen LogP contribution in [-0.2, 0) is 12.8 Å². The number of anilines is 2. The van der Waals surface area contributed by atoms with Gasteiger partial charge in [0.15, 0.2) is 0 Å². The zero-order valence-electron chi connectivity index (χ0n) is 10.3. The van der Waals surface area contributed by atoms with Crippen molar-refractivity contribution in [1.29, 1.82) is 0 Å². The molecule has 0 saturated carbocycles. The quantitative estimate of drug-likeness (QED) is 0.890. The Morgan fingerprint density at radius 3 is 2.56 bits per heavy atom. The lowest BCUT2D eigenvalue weighted by Crippen LogP contribution is -2.13. The van der Waals surface area contributed by atoms with E-state index in [4.69, 9.17) is 5.11 Å². The van der Waals surface area contributed by atoms with Gasteiger partial charge < -0.3 is 10.0 Å². The molecule has 1 heterocycles. The summed E-state index contributed by atoms with van der Waals surface area (Å²) < 4.78 is 0. The highest BCUT2D eigenvalue weighted by Crippen LogP contribution is 2.34. The summed E-state index contributed by atoms with van der Waals surface area (Å²) in [6.45, 7) is 1.27. The first-order chi connectivity index (χ1) is 8.88. The Hall–Kier alpha value is -1.80. The van der Waals surface area contributed by atoms with Crippen LogP contribution in [-0.4, -0.2) is 18.3 Å². The Labute approximate surface area is 107 Å². The summed E-state index contributed by atoms with van der Waals surface area (Å²) in [6, 6.07) is 17.1. The summed E-state index contributed by atoms with van der Waals surface area (Å²) in [7, 11) is 0. The third kappa shape index (κ3) is 2.00. The van der Waals surface area contributed by atoms with Crippen LogP contribution in [0.25, 0.3) is 0 Å². The molecule has 2 aromatic rings. The van der Waals surface area contributed by atoms with Gasteiger partial charge >= 0.3 is 0 Å². The van der Waals surface area contributed by atoms with E-state index in [-0.39, 0.29) is 6.61 Å². The fourth-order valence-corrected chi connectivity index (χ4v) is 2.58. The highest BCUT2D eigenvalue weighted by molar-refractivity contribution is 5.69. The summed E-state index contributed by atoms with van der Waals surface area (Å²) in [4.78, 5) is 2.36. The standard InChI is InChI=1S/C16H17NO/c18-12-10-13-5-7-15(8-6-13)17-11-9-14-3-1-2-4-16(14)17/h1-8,18H,9-12H2. The monoisotopic (exact) mass is 239 g/mol. The molecule has 18 heavy (non-hydrogen) atoms. The second kappa shape index (κ2) is 4.83. The average molecular weight is 239 g/mol. The Bertz CT molecular complexity index is 533.